The Bertz CT molecular complexity index is 363. The lowest BCUT2D eigenvalue weighted by Crippen LogP contribution is -2.29. The largest absolute Gasteiger partial charge is 0.304 e. The SMILES string of the molecule is C=CC(C)NC(CC)c1ccc(F)cc1F. The zero-order chi connectivity index (χ0) is 12.1. The number of hydrogen-bond acceptors (Lipinski definition) is 1. The molecule has 1 nitrogen and oxygen atoms in total. The normalized spacial score (nSPS) is 14.5. The van der Waals surface area contributed by atoms with Gasteiger partial charge in [0.05, 0.1) is 0 Å². The van der Waals surface area contributed by atoms with Crippen LogP contribution in [0.15, 0.2) is 30.9 Å². The lowest BCUT2D eigenvalue weighted by atomic mass is 10.0. The van der Waals surface area contributed by atoms with E-state index in [2.05, 4.69) is 11.9 Å². The first-order valence-electron chi connectivity index (χ1n) is 5.42. The van der Waals surface area contributed by atoms with Gasteiger partial charge in [-0.05, 0) is 19.4 Å². The van der Waals surface area contributed by atoms with Gasteiger partial charge >= 0.3 is 0 Å². The number of rotatable bonds is 5. The number of nitrogens with one attached hydrogen (secondary N) is 1. The van der Waals surface area contributed by atoms with Crippen LogP contribution in [-0.4, -0.2) is 6.04 Å². The van der Waals surface area contributed by atoms with Crippen LogP contribution in [0.5, 0.6) is 0 Å². The summed E-state index contributed by atoms with van der Waals surface area (Å²) in [4.78, 5) is 0. The summed E-state index contributed by atoms with van der Waals surface area (Å²) in [5.41, 5.74) is 0.498. The van der Waals surface area contributed by atoms with Gasteiger partial charge in [0.2, 0.25) is 0 Å². The second-order valence-corrected chi connectivity index (χ2v) is 3.82. The summed E-state index contributed by atoms with van der Waals surface area (Å²) in [7, 11) is 0. The summed E-state index contributed by atoms with van der Waals surface area (Å²) in [6.07, 6.45) is 2.49. The van der Waals surface area contributed by atoms with Crippen LogP contribution in [-0.2, 0) is 0 Å². The van der Waals surface area contributed by atoms with Crippen molar-refractivity contribution < 1.29 is 8.78 Å². The maximum Gasteiger partial charge on any atom is 0.130 e. The van der Waals surface area contributed by atoms with E-state index in [9.17, 15) is 8.78 Å². The minimum absolute atomic E-state index is 0.0920. The number of hydrogen-bond donors (Lipinski definition) is 1. The smallest absolute Gasteiger partial charge is 0.130 e. The first-order chi connectivity index (χ1) is 7.58. The van der Waals surface area contributed by atoms with Crippen molar-refractivity contribution in [2.45, 2.75) is 32.4 Å². The van der Waals surface area contributed by atoms with Gasteiger partial charge in [-0.2, -0.15) is 0 Å². The lowest BCUT2D eigenvalue weighted by Gasteiger charge is -2.21. The third-order valence-electron chi connectivity index (χ3n) is 2.56. The van der Waals surface area contributed by atoms with Crippen LogP contribution in [0.2, 0.25) is 0 Å². The molecule has 0 bridgehead atoms. The van der Waals surface area contributed by atoms with Crippen molar-refractivity contribution in [3.05, 3.63) is 48.1 Å². The van der Waals surface area contributed by atoms with Crippen molar-refractivity contribution >= 4 is 0 Å². The molecule has 0 saturated carbocycles. The molecular formula is C13H17F2N. The first-order valence-corrected chi connectivity index (χ1v) is 5.42. The highest BCUT2D eigenvalue weighted by molar-refractivity contribution is 5.22. The molecule has 3 heteroatoms. The Morgan fingerprint density at radius 2 is 2.12 bits per heavy atom. The predicted octanol–water partition coefficient (Wildman–Crippen LogP) is 3.58. The maximum atomic E-state index is 13.5. The molecule has 0 fully saturated rings. The minimum atomic E-state index is -0.548. The summed E-state index contributed by atoms with van der Waals surface area (Å²) in [6.45, 7) is 7.56. The van der Waals surface area contributed by atoms with Crippen molar-refractivity contribution in [1.29, 1.82) is 0 Å². The average molecular weight is 225 g/mol. The second kappa shape index (κ2) is 5.75. The molecule has 0 radical (unpaired) electrons. The monoisotopic (exact) mass is 225 g/mol. The topological polar surface area (TPSA) is 12.0 Å². The van der Waals surface area contributed by atoms with Crippen LogP contribution in [0.25, 0.3) is 0 Å². The van der Waals surface area contributed by atoms with E-state index in [4.69, 9.17) is 0 Å². The van der Waals surface area contributed by atoms with Gasteiger partial charge in [-0.15, -0.1) is 6.58 Å². The molecule has 16 heavy (non-hydrogen) atoms. The van der Waals surface area contributed by atoms with Crippen LogP contribution in [0.1, 0.15) is 31.9 Å². The van der Waals surface area contributed by atoms with Crippen molar-refractivity contribution in [2.24, 2.45) is 0 Å². The highest BCUT2D eigenvalue weighted by Crippen LogP contribution is 2.21. The van der Waals surface area contributed by atoms with E-state index in [1.807, 2.05) is 13.8 Å². The van der Waals surface area contributed by atoms with Gasteiger partial charge in [0.25, 0.3) is 0 Å². The second-order valence-electron chi connectivity index (χ2n) is 3.82. The molecule has 0 spiro atoms. The molecule has 0 aliphatic heterocycles. The molecular weight excluding hydrogens is 208 g/mol. The predicted molar refractivity (Wildman–Crippen MR) is 62.2 cm³/mol. The Labute approximate surface area is 95.2 Å². The van der Waals surface area contributed by atoms with E-state index < -0.39 is 11.6 Å². The number of benzene rings is 1. The van der Waals surface area contributed by atoms with Gasteiger partial charge in [-0.3, -0.25) is 0 Å². The Balaban J connectivity index is 2.90. The quantitative estimate of drug-likeness (QED) is 0.755. The highest BCUT2D eigenvalue weighted by Gasteiger charge is 2.15. The van der Waals surface area contributed by atoms with Crippen LogP contribution in [0, 0.1) is 11.6 Å². The fourth-order valence-corrected chi connectivity index (χ4v) is 1.60. The first kappa shape index (κ1) is 12.8. The van der Waals surface area contributed by atoms with E-state index in [-0.39, 0.29) is 12.1 Å². The molecule has 2 atom stereocenters. The number of halogens is 2. The molecule has 1 aromatic carbocycles. The molecule has 88 valence electrons. The van der Waals surface area contributed by atoms with E-state index >= 15 is 0 Å². The maximum absolute atomic E-state index is 13.5. The molecule has 1 N–H and O–H groups in total. The van der Waals surface area contributed by atoms with Gasteiger partial charge in [0.15, 0.2) is 0 Å². The minimum Gasteiger partial charge on any atom is -0.304 e. The van der Waals surface area contributed by atoms with Gasteiger partial charge < -0.3 is 5.32 Å². The molecule has 1 rings (SSSR count). The lowest BCUT2D eigenvalue weighted by molar-refractivity contribution is 0.463. The van der Waals surface area contributed by atoms with Crippen LogP contribution in [0.3, 0.4) is 0 Å². The molecule has 0 amide bonds. The third kappa shape index (κ3) is 3.14. The van der Waals surface area contributed by atoms with Gasteiger partial charge in [-0.25, -0.2) is 8.78 Å². The molecule has 0 heterocycles. The van der Waals surface area contributed by atoms with E-state index in [0.717, 1.165) is 12.5 Å². The summed E-state index contributed by atoms with van der Waals surface area (Å²) < 4.78 is 26.3. The Morgan fingerprint density at radius 3 is 2.62 bits per heavy atom. The molecule has 2 unspecified atom stereocenters. The molecule has 1 aromatic rings. The zero-order valence-electron chi connectivity index (χ0n) is 9.63. The summed E-state index contributed by atoms with van der Waals surface area (Å²) >= 11 is 0. The zero-order valence-corrected chi connectivity index (χ0v) is 9.63. The molecule has 0 aromatic heterocycles. The van der Waals surface area contributed by atoms with E-state index in [0.29, 0.717) is 5.56 Å². The average Bonchev–Trinajstić information content (AvgIpc) is 2.26. The van der Waals surface area contributed by atoms with Crippen molar-refractivity contribution in [3.63, 3.8) is 0 Å². The molecule has 0 saturated heterocycles. The van der Waals surface area contributed by atoms with Gasteiger partial charge in [0, 0.05) is 23.7 Å². The summed E-state index contributed by atoms with van der Waals surface area (Å²) in [5, 5.41) is 3.21. The van der Waals surface area contributed by atoms with Crippen LogP contribution in [0.4, 0.5) is 8.78 Å². The Morgan fingerprint density at radius 1 is 1.44 bits per heavy atom. The highest BCUT2D eigenvalue weighted by atomic mass is 19.1. The van der Waals surface area contributed by atoms with Gasteiger partial charge in [0.1, 0.15) is 11.6 Å². The Kier molecular flexibility index (Phi) is 4.62. The summed E-state index contributed by atoms with van der Waals surface area (Å²) in [6, 6.07) is 3.66. The molecule has 0 aliphatic rings. The fraction of sp³-hybridized carbons (Fsp3) is 0.385. The Hall–Kier alpha value is -1.22. The van der Waals surface area contributed by atoms with Crippen LogP contribution >= 0.6 is 0 Å². The van der Waals surface area contributed by atoms with Crippen molar-refractivity contribution in [1.82, 2.24) is 5.32 Å². The van der Waals surface area contributed by atoms with Crippen molar-refractivity contribution in [3.8, 4) is 0 Å². The van der Waals surface area contributed by atoms with Crippen LogP contribution < -0.4 is 5.32 Å². The third-order valence-corrected chi connectivity index (χ3v) is 2.56. The summed E-state index contributed by atoms with van der Waals surface area (Å²) in [5.74, 6) is -1.05. The van der Waals surface area contributed by atoms with Gasteiger partial charge in [-0.1, -0.05) is 19.1 Å². The van der Waals surface area contributed by atoms with E-state index in [1.165, 1.54) is 12.1 Å². The fourth-order valence-electron chi connectivity index (χ4n) is 1.60. The van der Waals surface area contributed by atoms with Crippen molar-refractivity contribution in [2.75, 3.05) is 0 Å². The molecule has 0 aliphatic carbocycles. The standard InChI is InChI=1S/C13H17F2N/c1-4-9(3)16-13(5-2)11-7-6-10(14)8-12(11)15/h4,6-9,13,16H,1,5H2,2-3H3. The van der Waals surface area contributed by atoms with E-state index in [1.54, 1.807) is 6.08 Å².